The summed E-state index contributed by atoms with van der Waals surface area (Å²) in [5.41, 5.74) is -0.852. The summed E-state index contributed by atoms with van der Waals surface area (Å²) in [4.78, 5) is 3.12. The average Bonchev–Trinajstić information content (AvgIpc) is 2.70. The Balaban J connectivity index is 0.000000181. The van der Waals surface area contributed by atoms with Crippen molar-refractivity contribution in [3.8, 4) is 5.75 Å². The number of pyridine rings is 1. The Morgan fingerprint density at radius 2 is 1.94 bits per heavy atom. The van der Waals surface area contributed by atoms with E-state index in [1.54, 1.807) is 11.4 Å². The van der Waals surface area contributed by atoms with Gasteiger partial charge < -0.3 is 5.11 Å². The van der Waals surface area contributed by atoms with Crippen LogP contribution >= 0.6 is 11.3 Å². The predicted molar refractivity (Wildman–Crippen MR) is 55.2 cm³/mol. The second-order valence-electron chi connectivity index (χ2n) is 2.69. The van der Waals surface area contributed by atoms with Crippen molar-refractivity contribution in [2.45, 2.75) is 6.18 Å². The summed E-state index contributed by atoms with van der Waals surface area (Å²) in [6.07, 6.45) is -3.20. The van der Waals surface area contributed by atoms with Gasteiger partial charge in [0.2, 0.25) is 0 Å². The minimum Gasteiger partial charge on any atom is -0.507 e. The lowest BCUT2D eigenvalue weighted by atomic mass is 10.3. The molecule has 0 radical (unpaired) electrons. The van der Waals surface area contributed by atoms with Crippen LogP contribution in [0, 0.1) is 0 Å². The molecule has 0 aromatic carbocycles. The van der Waals surface area contributed by atoms with Gasteiger partial charge >= 0.3 is 6.18 Å². The van der Waals surface area contributed by atoms with Crippen LogP contribution in [-0.2, 0) is 6.18 Å². The normalized spacial score (nSPS) is 10.4. The number of hydrogen-bond donors (Lipinski definition) is 1. The van der Waals surface area contributed by atoms with E-state index in [1.807, 2.05) is 5.38 Å². The first kappa shape index (κ1) is 12.5. The Labute approximate surface area is 94.0 Å². The first-order valence-corrected chi connectivity index (χ1v) is 5.14. The fourth-order valence-corrected chi connectivity index (χ4v) is 1.30. The topological polar surface area (TPSA) is 33.1 Å². The van der Waals surface area contributed by atoms with E-state index in [2.05, 4.69) is 4.98 Å². The van der Waals surface area contributed by atoms with Crippen molar-refractivity contribution < 1.29 is 18.3 Å². The van der Waals surface area contributed by atoms with Crippen molar-refractivity contribution in [3.05, 3.63) is 46.9 Å². The smallest absolute Gasteiger partial charge is 0.433 e. The molecule has 0 saturated heterocycles. The molecule has 6 heteroatoms. The maximum Gasteiger partial charge on any atom is 0.433 e. The van der Waals surface area contributed by atoms with E-state index in [-0.39, 0.29) is 0 Å². The fraction of sp³-hybridized carbons (Fsp3) is 0.100. The zero-order valence-electron chi connectivity index (χ0n) is 7.98. The molecule has 0 saturated carbocycles. The van der Waals surface area contributed by atoms with Crippen LogP contribution in [0.2, 0.25) is 0 Å². The molecule has 16 heavy (non-hydrogen) atoms. The average molecular weight is 247 g/mol. The second kappa shape index (κ2) is 5.50. The molecule has 0 bridgehead atoms. The summed E-state index contributed by atoms with van der Waals surface area (Å²) in [7, 11) is 0. The van der Waals surface area contributed by atoms with Gasteiger partial charge in [0.25, 0.3) is 0 Å². The quantitative estimate of drug-likeness (QED) is 0.772. The maximum atomic E-state index is 11.7. The predicted octanol–water partition coefficient (Wildman–Crippen LogP) is 3.55. The van der Waals surface area contributed by atoms with Crippen LogP contribution in [0.1, 0.15) is 5.69 Å². The summed E-state index contributed by atoms with van der Waals surface area (Å²) >= 11 is 1.49. The van der Waals surface area contributed by atoms with Crippen molar-refractivity contribution >= 4 is 11.3 Å². The van der Waals surface area contributed by atoms with Crippen LogP contribution in [0.5, 0.6) is 5.75 Å². The molecule has 0 aliphatic rings. The fourth-order valence-electron chi connectivity index (χ4n) is 0.788. The molecule has 0 aliphatic heterocycles. The van der Waals surface area contributed by atoms with Crippen LogP contribution in [0.4, 0.5) is 13.2 Å². The highest BCUT2D eigenvalue weighted by molar-refractivity contribution is 7.08. The highest BCUT2D eigenvalue weighted by Crippen LogP contribution is 2.26. The van der Waals surface area contributed by atoms with Crippen LogP contribution in [-0.4, -0.2) is 10.1 Å². The van der Waals surface area contributed by atoms with E-state index in [9.17, 15) is 13.2 Å². The summed E-state index contributed by atoms with van der Waals surface area (Å²) in [6, 6.07) is 5.33. The molecule has 0 unspecified atom stereocenters. The summed E-state index contributed by atoms with van der Waals surface area (Å²) in [6.45, 7) is 0. The summed E-state index contributed by atoms with van der Waals surface area (Å²) in [5.74, 6) is 0.361. The zero-order chi connectivity index (χ0) is 12.0. The van der Waals surface area contributed by atoms with E-state index in [1.165, 1.54) is 23.5 Å². The lowest BCUT2D eigenvalue weighted by Gasteiger charge is -2.02. The van der Waals surface area contributed by atoms with Gasteiger partial charge in [-0.3, -0.25) is 4.98 Å². The van der Waals surface area contributed by atoms with Crippen molar-refractivity contribution in [1.82, 2.24) is 4.98 Å². The minimum absolute atomic E-state index is 0.361. The molecular formula is C10H8F3NOS. The Hall–Kier alpha value is -1.56. The monoisotopic (exact) mass is 247 g/mol. The number of alkyl halides is 3. The van der Waals surface area contributed by atoms with Gasteiger partial charge in [-0.05, 0) is 23.6 Å². The molecule has 0 fully saturated rings. The number of thiophene rings is 1. The van der Waals surface area contributed by atoms with E-state index in [4.69, 9.17) is 5.11 Å². The number of nitrogens with zero attached hydrogens (tertiary/aromatic N) is 1. The van der Waals surface area contributed by atoms with Gasteiger partial charge in [-0.1, -0.05) is 6.07 Å². The zero-order valence-corrected chi connectivity index (χ0v) is 8.79. The molecule has 2 nitrogen and oxygen atoms in total. The third-order valence-corrected chi connectivity index (χ3v) is 2.13. The molecule has 2 aromatic heterocycles. The van der Waals surface area contributed by atoms with Crippen LogP contribution < -0.4 is 0 Å². The molecule has 0 aliphatic carbocycles. The molecule has 2 rings (SSSR count). The number of halogens is 3. The van der Waals surface area contributed by atoms with E-state index < -0.39 is 11.9 Å². The summed E-state index contributed by atoms with van der Waals surface area (Å²) in [5, 5.41) is 12.0. The van der Waals surface area contributed by atoms with Crippen molar-refractivity contribution in [2.24, 2.45) is 0 Å². The molecule has 0 atom stereocenters. The third kappa shape index (κ3) is 4.31. The number of hydrogen-bond acceptors (Lipinski definition) is 3. The largest absolute Gasteiger partial charge is 0.507 e. The third-order valence-electron chi connectivity index (χ3n) is 1.46. The first-order valence-electron chi connectivity index (χ1n) is 4.19. The summed E-state index contributed by atoms with van der Waals surface area (Å²) < 4.78 is 35.2. The SMILES string of the molecule is FC(F)(F)c1ccccn1.Oc1ccsc1. The van der Waals surface area contributed by atoms with E-state index in [0.717, 1.165) is 12.3 Å². The minimum atomic E-state index is -4.32. The lowest BCUT2D eigenvalue weighted by molar-refractivity contribution is -0.141. The van der Waals surface area contributed by atoms with E-state index >= 15 is 0 Å². The molecular weight excluding hydrogens is 239 g/mol. The van der Waals surface area contributed by atoms with Crippen LogP contribution in [0.3, 0.4) is 0 Å². The maximum absolute atomic E-state index is 11.7. The van der Waals surface area contributed by atoms with Gasteiger partial charge in [-0.15, -0.1) is 11.3 Å². The first-order chi connectivity index (χ1) is 7.50. The van der Waals surface area contributed by atoms with Gasteiger partial charge in [0.1, 0.15) is 11.4 Å². The van der Waals surface area contributed by atoms with Gasteiger partial charge in [0.15, 0.2) is 0 Å². The molecule has 1 N–H and O–H groups in total. The van der Waals surface area contributed by atoms with E-state index in [0.29, 0.717) is 5.75 Å². The Morgan fingerprint density at radius 3 is 2.19 bits per heavy atom. The van der Waals surface area contributed by atoms with Gasteiger partial charge in [0.05, 0.1) is 0 Å². The van der Waals surface area contributed by atoms with Crippen LogP contribution in [0.25, 0.3) is 0 Å². The number of aromatic hydroxyl groups is 1. The molecule has 2 heterocycles. The number of aromatic nitrogens is 1. The molecule has 0 spiro atoms. The lowest BCUT2D eigenvalue weighted by Crippen LogP contribution is -2.06. The Morgan fingerprint density at radius 1 is 1.19 bits per heavy atom. The van der Waals surface area contributed by atoms with Crippen molar-refractivity contribution in [1.29, 1.82) is 0 Å². The Bertz CT molecular complexity index is 400. The van der Waals surface area contributed by atoms with Crippen LogP contribution in [0.15, 0.2) is 41.2 Å². The molecule has 2 aromatic rings. The molecule has 86 valence electrons. The van der Waals surface area contributed by atoms with Gasteiger partial charge in [-0.25, -0.2) is 0 Å². The molecule has 0 amide bonds. The second-order valence-corrected chi connectivity index (χ2v) is 3.47. The standard InChI is InChI=1S/C6H4F3N.C4H4OS/c7-6(8,9)5-3-1-2-4-10-5;5-4-1-2-6-3-4/h1-4H;1-3,5H. The van der Waals surface area contributed by atoms with Gasteiger partial charge in [0, 0.05) is 11.6 Å². The highest BCUT2D eigenvalue weighted by atomic mass is 32.1. The van der Waals surface area contributed by atoms with Crippen molar-refractivity contribution in [2.75, 3.05) is 0 Å². The Kier molecular flexibility index (Phi) is 4.30. The van der Waals surface area contributed by atoms with Crippen molar-refractivity contribution in [3.63, 3.8) is 0 Å². The number of rotatable bonds is 0. The van der Waals surface area contributed by atoms with Gasteiger partial charge in [-0.2, -0.15) is 13.2 Å². The highest BCUT2D eigenvalue weighted by Gasteiger charge is 2.31.